The summed E-state index contributed by atoms with van der Waals surface area (Å²) in [5.74, 6) is 0.515. The number of hydrogen-bond acceptors (Lipinski definition) is 4. The van der Waals surface area contributed by atoms with E-state index >= 15 is 0 Å². The van der Waals surface area contributed by atoms with Crippen LogP contribution in [-0.2, 0) is 14.4 Å². The summed E-state index contributed by atoms with van der Waals surface area (Å²) in [6.07, 6.45) is 2.13. The number of ether oxygens (including phenoxy) is 1. The van der Waals surface area contributed by atoms with E-state index in [2.05, 4.69) is 48.7 Å². The van der Waals surface area contributed by atoms with Crippen LogP contribution in [0.3, 0.4) is 0 Å². The molecule has 1 unspecified atom stereocenters. The number of carbonyl (C=O) groups excluding carboxylic acids is 3. The Morgan fingerprint density at radius 1 is 0.892 bits per heavy atom. The minimum absolute atomic E-state index is 0. The van der Waals surface area contributed by atoms with Crippen LogP contribution >= 0.6 is 7.92 Å². The summed E-state index contributed by atoms with van der Waals surface area (Å²) in [4.78, 5) is 32.1. The number of esters is 1. The maximum Gasteiger partial charge on any atom is 0.330 e. The van der Waals surface area contributed by atoms with Crippen LogP contribution in [-0.4, -0.2) is 31.4 Å². The standard InChI is InChI=1S/C21H18NO3P.C6H12NO.C2H6.Fm/c23-16-22-15-21(24)25-19-13-7-8-14-20(19)26(17-9-3-1-4-10-17)18-11-5-2-6-12-18;1-5(2)6(3)7-4-8;1-2;/h1-14,16H,15H2,(H,22,23);5-6H,1-3H3,(H,7,8);1-2H3;/q;-1;;. The first-order valence-corrected chi connectivity index (χ1v) is 13.3. The van der Waals surface area contributed by atoms with Crippen molar-refractivity contribution in [1.29, 1.82) is 0 Å². The van der Waals surface area contributed by atoms with Gasteiger partial charge < -0.3 is 20.2 Å². The Labute approximate surface area is 216 Å². The molecule has 0 aliphatic heterocycles. The van der Waals surface area contributed by atoms with E-state index in [9.17, 15) is 14.4 Å². The first-order valence-electron chi connectivity index (χ1n) is 12.0. The number of para-hydroxylation sites is 1. The van der Waals surface area contributed by atoms with Crippen molar-refractivity contribution in [2.24, 2.45) is 5.92 Å². The maximum absolute atomic E-state index is 12.0. The van der Waals surface area contributed by atoms with Crippen molar-refractivity contribution in [3.8, 4) is 5.75 Å². The van der Waals surface area contributed by atoms with Crippen molar-refractivity contribution in [3.05, 3.63) is 84.9 Å². The Kier molecular flexibility index (Phi) is 16.5. The third-order valence-electron chi connectivity index (χ3n) is 4.98. The van der Waals surface area contributed by atoms with Gasteiger partial charge in [-0.3, -0.25) is 4.79 Å². The normalized spacial score (nSPS) is 10.4. The molecule has 2 amide bonds. The van der Waals surface area contributed by atoms with Gasteiger partial charge in [0.25, 0.3) is 0 Å². The van der Waals surface area contributed by atoms with Crippen LogP contribution < -0.4 is 31.3 Å². The SMILES string of the molecule is CC.CC(C)C(C)N[C-]=O.O=CNCC(=O)Oc1ccccc1P(c1ccccc1)c1ccccc1.[Fm]. The monoisotopic (exact) mass is 764 g/mol. The van der Waals surface area contributed by atoms with Crippen LogP contribution in [0.25, 0.3) is 0 Å². The Morgan fingerprint density at radius 3 is 1.81 bits per heavy atom. The molecule has 37 heavy (non-hydrogen) atoms. The average molecular weight is 765 g/mol. The van der Waals surface area contributed by atoms with E-state index in [4.69, 9.17) is 4.74 Å². The van der Waals surface area contributed by atoms with Gasteiger partial charge in [0.05, 0.1) is 0 Å². The summed E-state index contributed by atoms with van der Waals surface area (Å²) in [5.41, 5.74) is 0. The van der Waals surface area contributed by atoms with Crippen molar-refractivity contribution >= 4 is 42.6 Å². The molecule has 0 fully saturated rings. The number of nitrogens with one attached hydrogen (secondary N) is 2. The van der Waals surface area contributed by atoms with E-state index in [-0.39, 0.29) is 12.6 Å². The molecular formula is C29H36FmN2O4P-. The minimum atomic E-state index is -0.877. The molecule has 8 heteroatoms. The van der Waals surface area contributed by atoms with Crippen molar-refractivity contribution in [1.82, 2.24) is 10.6 Å². The third-order valence-corrected chi connectivity index (χ3v) is 7.46. The van der Waals surface area contributed by atoms with E-state index in [0.29, 0.717) is 18.1 Å². The fourth-order valence-corrected chi connectivity index (χ4v) is 5.22. The van der Waals surface area contributed by atoms with Gasteiger partial charge in [-0.25, -0.2) is 4.79 Å². The van der Waals surface area contributed by atoms with E-state index in [1.165, 1.54) is 10.6 Å². The zero-order valence-electron chi connectivity index (χ0n) is 21.9. The first-order chi connectivity index (χ1) is 17.5. The number of hydrogen-bond donors (Lipinski definition) is 2. The number of amides is 2. The fraction of sp³-hybridized carbons (Fsp3) is 0.276. The zero-order valence-corrected chi connectivity index (χ0v) is 25.2. The molecule has 3 aromatic carbocycles. The van der Waals surface area contributed by atoms with Gasteiger partial charge in [0, 0.05) is 5.30 Å². The largest absolute Gasteiger partial charge is 0.527 e. The number of carbonyl (C=O) groups is 2. The fourth-order valence-electron chi connectivity index (χ4n) is 2.85. The molecule has 6 nitrogen and oxygen atoms in total. The van der Waals surface area contributed by atoms with E-state index in [1.54, 1.807) is 12.5 Å². The van der Waals surface area contributed by atoms with Crippen LogP contribution in [0.1, 0.15) is 34.6 Å². The summed E-state index contributed by atoms with van der Waals surface area (Å²) in [7, 11) is -0.877. The van der Waals surface area contributed by atoms with Gasteiger partial charge in [0.1, 0.15) is 12.3 Å². The van der Waals surface area contributed by atoms with Crippen LogP contribution in [0.5, 0.6) is 5.75 Å². The van der Waals surface area contributed by atoms with Crippen LogP contribution in [0.15, 0.2) is 84.9 Å². The summed E-state index contributed by atoms with van der Waals surface area (Å²) in [6, 6.07) is 28.2. The number of benzene rings is 3. The Morgan fingerprint density at radius 2 is 1.38 bits per heavy atom. The van der Waals surface area contributed by atoms with Crippen LogP contribution in [0.2, 0.25) is 0 Å². The second-order valence-electron chi connectivity index (χ2n) is 7.73. The molecule has 0 bridgehead atoms. The Bertz CT molecular complexity index is 997. The molecule has 0 radical (unpaired) electrons. The Hall–Kier alpha value is -4.50. The van der Waals surface area contributed by atoms with Gasteiger partial charge in [0.2, 0.25) is 6.41 Å². The van der Waals surface area contributed by atoms with Gasteiger partial charge in [-0.15, -0.1) is 0 Å². The molecule has 0 spiro atoms. The first kappa shape index (κ1) is 32.5. The molecule has 0 aromatic heterocycles. The molecule has 3 rings (SSSR count). The quantitative estimate of drug-likeness (QED) is 0.0823. The summed E-state index contributed by atoms with van der Waals surface area (Å²) in [5, 5.41) is 8.17. The van der Waals surface area contributed by atoms with Crippen molar-refractivity contribution in [3.63, 3.8) is 0 Å². The smallest absolute Gasteiger partial charge is 0.330 e. The number of rotatable bonds is 10. The van der Waals surface area contributed by atoms with Gasteiger partial charge >= 0.3 is 5.97 Å². The van der Waals surface area contributed by atoms with Crippen LogP contribution in [0, 0.1) is 5.92 Å². The molecule has 0 heterocycles. The van der Waals surface area contributed by atoms with Gasteiger partial charge in [0.15, 0.2) is 0 Å². The molecular weight excluding hydrogens is 728 g/mol. The summed E-state index contributed by atoms with van der Waals surface area (Å²) >= 11 is 0. The summed E-state index contributed by atoms with van der Waals surface area (Å²) < 4.78 is 5.53. The molecule has 0 saturated carbocycles. The van der Waals surface area contributed by atoms with Crippen molar-refractivity contribution in [2.75, 3.05) is 6.54 Å². The van der Waals surface area contributed by atoms with Gasteiger partial charge in [-0.2, -0.15) is 6.41 Å². The maximum atomic E-state index is 12.0. The topological polar surface area (TPSA) is 84.5 Å². The molecule has 204 valence electrons. The molecule has 2 N–H and O–H groups in total. The molecule has 1 atom stereocenters. The molecule has 0 aliphatic rings. The average Bonchev–Trinajstić information content (AvgIpc) is 2.91. The zero-order chi connectivity index (χ0) is 26.8. The van der Waals surface area contributed by atoms with E-state index in [1.807, 2.05) is 75.4 Å². The van der Waals surface area contributed by atoms with Crippen molar-refractivity contribution < 1.29 is 19.1 Å². The Balaban J connectivity index is 0.00000101. The third kappa shape index (κ3) is 11.2. The van der Waals surface area contributed by atoms with E-state index < -0.39 is 13.9 Å². The second kappa shape index (κ2) is 18.8. The van der Waals surface area contributed by atoms with Crippen LogP contribution in [0.4, 0.5) is 0 Å². The summed E-state index contributed by atoms with van der Waals surface area (Å²) in [6.45, 7) is 9.89. The predicted octanol–water partition coefficient (Wildman–Crippen LogP) is 3.81. The van der Waals surface area contributed by atoms with Gasteiger partial charge in [-0.1, -0.05) is 107 Å². The molecule has 0 aliphatic carbocycles. The van der Waals surface area contributed by atoms with Gasteiger partial charge in [-0.05, 0) is 43.5 Å². The second-order valence-corrected chi connectivity index (χ2v) is 9.91. The van der Waals surface area contributed by atoms with Crippen molar-refractivity contribution in [2.45, 2.75) is 40.7 Å². The predicted molar refractivity (Wildman–Crippen MR) is 149 cm³/mol. The van der Waals surface area contributed by atoms with E-state index in [0.717, 1.165) is 5.30 Å². The minimum Gasteiger partial charge on any atom is -0.527 e. The molecule has 0 saturated heterocycles. The molecule has 3 aromatic rings.